The zero-order valence-electron chi connectivity index (χ0n) is 7.74. The molecule has 1 aliphatic rings. The van der Waals surface area contributed by atoms with Crippen molar-refractivity contribution in [1.82, 2.24) is 9.78 Å². The van der Waals surface area contributed by atoms with Gasteiger partial charge in [-0.25, -0.2) is 0 Å². The number of aryl methyl sites for hydroxylation is 1. The zero-order chi connectivity index (χ0) is 8.72. The summed E-state index contributed by atoms with van der Waals surface area (Å²) in [7, 11) is 0. The highest BCUT2D eigenvalue weighted by molar-refractivity contribution is 5.15. The third-order valence-electron chi connectivity index (χ3n) is 2.04. The van der Waals surface area contributed by atoms with Crippen molar-refractivity contribution in [3.05, 3.63) is 17.5 Å². The summed E-state index contributed by atoms with van der Waals surface area (Å²) in [4.78, 5) is 0. The Kier molecular flexibility index (Phi) is 1.68. The molecule has 1 aliphatic heterocycles. The Bertz CT molecular complexity index is 267. The molecule has 0 spiro atoms. The normalized spacial score (nSPS) is 21.8. The van der Waals surface area contributed by atoms with E-state index in [1.54, 1.807) is 0 Å². The van der Waals surface area contributed by atoms with Gasteiger partial charge in [0.2, 0.25) is 0 Å². The average Bonchev–Trinajstić information content (AvgIpc) is 2.75. The predicted octanol–water partition coefficient (Wildman–Crippen LogP) is 1.84. The van der Waals surface area contributed by atoms with Gasteiger partial charge < -0.3 is 4.74 Å². The molecule has 0 bridgehead atoms. The van der Waals surface area contributed by atoms with Crippen molar-refractivity contribution < 1.29 is 4.74 Å². The van der Waals surface area contributed by atoms with Gasteiger partial charge in [-0.1, -0.05) is 0 Å². The van der Waals surface area contributed by atoms with Crippen LogP contribution in [0.4, 0.5) is 0 Å². The van der Waals surface area contributed by atoms with Crippen molar-refractivity contribution >= 4 is 0 Å². The lowest BCUT2D eigenvalue weighted by Gasteiger charge is -2.08. The van der Waals surface area contributed by atoms with Gasteiger partial charge in [0, 0.05) is 6.04 Å². The first-order valence-corrected chi connectivity index (χ1v) is 4.36. The standard InChI is InChI=1S/C9H14N2O/c1-6(2)11-8(9-5-12-9)4-7(3)10-11/h4,6,9H,5H2,1-3H3/t9-/m1/s1. The fourth-order valence-electron chi connectivity index (χ4n) is 1.41. The Morgan fingerprint density at radius 3 is 2.83 bits per heavy atom. The van der Waals surface area contributed by atoms with Crippen LogP contribution in [0.2, 0.25) is 0 Å². The van der Waals surface area contributed by atoms with Crippen LogP contribution >= 0.6 is 0 Å². The second-order valence-electron chi connectivity index (χ2n) is 3.57. The highest BCUT2D eigenvalue weighted by Gasteiger charge is 2.29. The van der Waals surface area contributed by atoms with Gasteiger partial charge in [-0.2, -0.15) is 5.10 Å². The summed E-state index contributed by atoms with van der Waals surface area (Å²) >= 11 is 0. The molecule has 1 atom stereocenters. The second kappa shape index (κ2) is 2.59. The summed E-state index contributed by atoms with van der Waals surface area (Å²) in [6.07, 6.45) is 0.314. The molecule has 12 heavy (non-hydrogen) atoms. The molecule has 3 heteroatoms. The monoisotopic (exact) mass is 166 g/mol. The van der Waals surface area contributed by atoms with Crippen molar-refractivity contribution in [3.63, 3.8) is 0 Å². The molecule has 1 aromatic heterocycles. The molecular weight excluding hydrogens is 152 g/mol. The number of hydrogen-bond acceptors (Lipinski definition) is 2. The Hall–Kier alpha value is -0.830. The van der Waals surface area contributed by atoms with E-state index < -0.39 is 0 Å². The Morgan fingerprint density at radius 2 is 2.33 bits per heavy atom. The van der Waals surface area contributed by atoms with E-state index in [9.17, 15) is 0 Å². The van der Waals surface area contributed by atoms with Gasteiger partial charge in [0.1, 0.15) is 6.10 Å². The van der Waals surface area contributed by atoms with Crippen LogP contribution in [0.3, 0.4) is 0 Å². The highest BCUT2D eigenvalue weighted by atomic mass is 16.6. The molecule has 2 heterocycles. The van der Waals surface area contributed by atoms with Gasteiger partial charge in [-0.15, -0.1) is 0 Å². The maximum Gasteiger partial charge on any atom is 0.123 e. The predicted molar refractivity (Wildman–Crippen MR) is 46.0 cm³/mol. The van der Waals surface area contributed by atoms with E-state index in [-0.39, 0.29) is 0 Å². The van der Waals surface area contributed by atoms with Gasteiger partial charge in [0.05, 0.1) is 18.0 Å². The molecular formula is C9H14N2O. The van der Waals surface area contributed by atoms with Crippen molar-refractivity contribution in [2.45, 2.75) is 32.9 Å². The Labute approximate surface area is 72.3 Å². The summed E-state index contributed by atoms with van der Waals surface area (Å²) < 4.78 is 7.29. The SMILES string of the molecule is Cc1cc([C@H]2CO2)n(C(C)C)n1. The van der Waals surface area contributed by atoms with Crippen molar-refractivity contribution in [2.75, 3.05) is 6.61 Å². The number of epoxide rings is 1. The van der Waals surface area contributed by atoms with E-state index >= 15 is 0 Å². The van der Waals surface area contributed by atoms with Crippen LogP contribution < -0.4 is 0 Å². The summed E-state index contributed by atoms with van der Waals surface area (Å²) in [6, 6.07) is 2.54. The van der Waals surface area contributed by atoms with E-state index in [1.165, 1.54) is 5.69 Å². The molecule has 1 fully saturated rings. The topological polar surface area (TPSA) is 30.4 Å². The van der Waals surface area contributed by atoms with Crippen molar-refractivity contribution in [2.24, 2.45) is 0 Å². The molecule has 2 rings (SSSR count). The lowest BCUT2D eigenvalue weighted by atomic mass is 10.3. The van der Waals surface area contributed by atoms with Crippen LogP contribution in [-0.2, 0) is 4.74 Å². The van der Waals surface area contributed by atoms with E-state index in [2.05, 4.69) is 25.0 Å². The van der Waals surface area contributed by atoms with E-state index in [1.807, 2.05) is 11.6 Å². The third kappa shape index (κ3) is 1.25. The van der Waals surface area contributed by atoms with Crippen LogP contribution in [0.15, 0.2) is 6.07 Å². The smallest absolute Gasteiger partial charge is 0.123 e. The largest absolute Gasteiger partial charge is 0.366 e. The lowest BCUT2D eigenvalue weighted by molar-refractivity contribution is 0.390. The molecule has 0 unspecified atom stereocenters. The second-order valence-corrected chi connectivity index (χ2v) is 3.57. The number of aromatic nitrogens is 2. The van der Waals surface area contributed by atoms with Gasteiger partial charge >= 0.3 is 0 Å². The van der Waals surface area contributed by atoms with Crippen LogP contribution in [0.1, 0.15) is 37.4 Å². The number of rotatable bonds is 2. The van der Waals surface area contributed by atoms with E-state index in [0.29, 0.717) is 12.1 Å². The number of hydrogen-bond donors (Lipinski definition) is 0. The molecule has 3 nitrogen and oxygen atoms in total. The summed E-state index contributed by atoms with van der Waals surface area (Å²) in [5.41, 5.74) is 2.30. The van der Waals surface area contributed by atoms with Crippen molar-refractivity contribution in [1.29, 1.82) is 0 Å². The minimum absolute atomic E-state index is 0.314. The number of ether oxygens (including phenoxy) is 1. The first kappa shape index (κ1) is 7.80. The molecule has 0 radical (unpaired) electrons. The van der Waals surface area contributed by atoms with Crippen LogP contribution in [0.25, 0.3) is 0 Å². The third-order valence-corrected chi connectivity index (χ3v) is 2.04. The lowest BCUT2D eigenvalue weighted by Crippen LogP contribution is -2.06. The fraction of sp³-hybridized carbons (Fsp3) is 0.667. The average molecular weight is 166 g/mol. The quantitative estimate of drug-likeness (QED) is 0.627. The van der Waals surface area contributed by atoms with Crippen molar-refractivity contribution in [3.8, 4) is 0 Å². The minimum Gasteiger partial charge on any atom is -0.366 e. The molecule has 66 valence electrons. The minimum atomic E-state index is 0.314. The summed E-state index contributed by atoms with van der Waals surface area (Å²) in [6.45, 7) is 7.15. The highest BCUT2D eigenvalue weighted by Crippen LogP contribution is 2.31. The maximum absolute atomic E-state index is 5.24. The van der Waals surface area contributed by atoms with Gasteiger partial charge in [0.25, 0.3) is 0 Å². The molecule has 1 saturated heterocycles. The first-order chi connectivity index (χ1) is 5.68. The van der Waals surface area contributed by atoms with Crippen LogP contribution in [0.5, 0.6) is 0 Å². The number of nitrogens with zero attached hydrogens (tertiary/aromatic N) is 2. The van der Waals surface area contributed by atoms with Gasteiger partial charge in [-0.05, 0) is 26.8 Å². The molecule has 0 N–H and O–H groups in total. The fourth-order valence-corrected chi connectivity index (χ4v) is 1.41. The summed E-state index contributed by atoms with van der Waals surface area (Å²) in [5, 5.41) is 4.41. The van der Waals surface area contributed by atoms with E-state index in [0.717, 1.165) is 12.3 Å². The molecule has 0 aliphatic carbocycles. The van der Waals surface area contributed by atoms with E-state index in [4.69, 9.17) is 4.74 Å². The molecule has 1 aromatic rings. The maximum atomic E-state index is 5.24. The van der Waals surface area contributed by atoms with Gasteiger partial charge in [-0.3, -0.25) is 4.68 Å². The molecule has 0 amide bonds. The van der Waals surface area contributed by atoms with Gasteiger partial charge in [0.15, 0.2) is 0 Å². The first-order valence-electron chi connectivity index (χ1n) is 4.36. The molecule has 0 saturated carbocycles. The zero-order valence-corrected chi connectivity index (χ0v) is 7.74. The Morgan fingerprint density at radius 1 is 1.67 bits per heavy atom. The van der Waals surface area contributed by atoms with Crippen LogP contribution in [-0.4, -0.2) is 16.4 Å². The molecule has 0 aromatic carbocycles. The Balaban J connectivity index is 2.36. The summed E-state index contributed by atoms with van der Waals surface area (Å²) in [5.74, 6) is 0. The van der Waals surface area contributed by atoms with Crippen LogP contribution in [0, 0.1) is 6.92 Å².